The molecule has 3 rings (SSSR count). The summed E-state index contributed by atoms with van der Waals surface area (Å²) in [7, 11) is -4.33. The van der Waals surface area contributed by atoms with Crippen molar-refractivity contribution in [2.75, 3.05) is 13.1 Å². The molecule has 0 aliphatic heterocycles. The van der Waals surface area contributed by atoms with Gasteiger partial charge in [0.1, 0.15) is 24.9 Å². The summed E-state index contributed by atoms with van der Waals surface area (Å²) in [6, 6.07) is 17.2. The van der Waals surface area contributed by atoms with E-state index in [0.717, 1.165) is 0 Å². The van der Waals surface area contributed by atoms with Gasteiger partial charge in [-0.1, -0.05) is 59.6 Å². The topological polar surface area (TPSA) is 150 Å². The van der Waals surface area contributed by atoms with Crippen LogP contribution in [0.2, 0.25) is 10.0 Å². The minimum absolute atomic E-state index is 0.115. The summed E-state index contributed by atoms with van der Waals surface area (Å²) >= 11 is 12.3. The fraction of sp³-hybridized carbons (Fsp3) is 0.192. The molecule has 0 bridgehead atoms. The van der Waals surface area contributed by atoms with Gasteiger partial charge in [0.05, 0.1) is 11.4 Å². The van der Waals surface area contributed by atoms with E-state index in [4.69, 9.17) is 33.0 Å². The van der Waals surface area contributed by atoms with Crippen molar-refractivity contribution in [3.8, 4) is 5.75 Å². The molecule has 39 heavy (non-hydrogen) atoms. The van der Waals surface area contributed by atoms with Gasteiger partial charge in [0, 0.05) is 22.0 Å². The lowest BCUT2D eigenvalue weighted by molar-refractivity contribution is -0.142. The highest BCUT2D eigenvalue weighted by Crippen LogP contribution is 2.26. The van der Waals surface area contributed by atoms with E-state index < -0.39 is 47.0 Å². The van der Waals surface area contributed by atoms with Gasteiger partial charge in [-0.2, -0.15) is 4.31 Å². The average Bonchev–Trinajstić information content (AvgIpc) is 2.88. The monoisotopic (exact) mass is 594 g/mol. The number of aliphatic carboxylic acids is 2. The zero-order chi connectivity index (χ0) is 28.6. The van der Waals surface area contributed by atoms with Crippen molar-refractivity contribution in [2.24, 2.45) is 0 Å². The van der Waals surface area contributed by atoms with E-state index in [1.54, 1.807) is 48.5 Å². The highest BCUT2D eigenvalue weighted by atomic mass is 35.5. The number of carbonyl (C=O) groups is 3. The van der Waals surface area contributed by atoms with Crippen molar-refractivity contribution < 1.29 is 37.8 Å². The third-order valence-corrected chi connectivity index (χ3v) is 7.97. The molecule has 0 saturated carbocycles. The Hall–Kier alpha value is -3.64. The van der Waals surface area contributed by atoms with Gasteiger partial charge < -0.3 is 20.3 Å². The summed E-state index contributed by atoms with van der Waals surface area (Å²) in [5.74, 6) is -3.33. The maximum absolute atomic E-state index is 12.9. The summed E-state index contributed by atoms with van der Waals surface area (Å²) in [6.45, 7) is -1.75. The lowest BCUT2D eigenvalue weighted by atomic mass is 10.1. The van der Waals surface area contributed by atoms with Crippen LogP contribution < -0.4 is 10.1 Å². The van der Waals surface area contributed by atoms with Crippen molar-refractivity contribution in [2.45, 2.75) is 24.0 Å². The Bertz CT molecular complexity index is 1410. The van der Waals surface area contributed by atoms with E-state index in [2.05, 4.69) is 5.32 Å². The van der Waals surface area contributed by atoms with E-state index in [1.165, 1.54) is 24.3 Å². The lowest BCUT2D eigenvalue weighted by Crippen LogP contribution is -2.48. The molecule has 0 heterocycles. The molecule has 0 fully saturated rings. The lowest BCUT2D eigenvalue weighted by Gasteiger charge is -2.21. The van der Waals surface area contributed by atoms with Gasteiger partial charge in [-0.3, -0.25) is 9.59 Å². The fourth-order valence-corrected chi connectivity index (χ4v) is 5.38. The first-order valence-electron chi connectivity index (χ1n) is 11.4. The van der Waals surface area contributed by atoms with Crippen molar-refractivity contribution in [1.82, 2.24) is 9.62 Å². The predicted octanol–water partition coefficient (Wildman–Crippen LogP) is 3.46. The molecule has 10 nitrogen and oxygen atoms in total. The third-order valence-electron chi connectivity index (χ3n) is 5.45. The number of hydrogen-bond donors (Lipinski definition) is 3. The van der Waals surface area contributed by atoms with Crippen LogP contribution in [0.15, 0.2) is 77.7 Å². The van der Waals surface area contributed by atoms with Gasteiger partial charge in [-0.15, -0.1) is 0 Å². The Morgan fingerprint density at radius 2 is 1.49 bits per heavy atom. The van der Waals surface area contributed by atoms with Crippen LogP contribution in [-0.4, -0.2) is 59.9 Å². The first kappa shape index (κ1) is 29.9. The predicted molar refractivity (Wildman–Crippen MR) is 143 cm³/mol. The smallest absolute Gasteiger partial charge is 0.326 e. The van der Waals surface area contributed by atoms with Crippen LogP contribution in [0.25, 0.3) is 0 Å². The van der Waals surface area contributed by atoms with Crippen molar-refractivity contribution >= 4 is 51.1 Å². The molecule has 0 radical (unpaired) electrons. The number of amides is 1. The van der Waals surface area contributed by atoms with Gasteiger partial charge >= 0.3 is 11.9 Å². The maximum Gasteiger partial charge on any atom is 0.326 e. The van der Waals surface area contributed by atoms with Crippen molar-refractivity contribution in [1.29, 1.82) is 0 Å². The Labute approximate surface area is 234 Å². The zero-order valence-electron chi connectivity index (χ0n) is 20.3. The van der Waals surface area contributed by atoms with Crippen LogP contribution in [0.1, 0.15) is 11.1 Å². The van der Waals surface area contributed by atoms with Crippen LogP contribution in [0.3, 0.4) is 0 Å². The standard InChI is InChI=1S/C26H24Cl2N2O8S/c27-21-7-4-8-22(28)20(21)16-38-18-11-9-17(10-12-18)13-23(26(34)35)29-24(31)14-30(15-25(32)33)39(36,37)19-5-2-1-3-6-19/h1-12,23H,13-16H2,(H,29,31)(H,32,33)(H,34,35)/t23-/m0/s1. The highest BCUT2D eigenvalue weighted by Gasteiger charge is 2.30. The first-order valence-corrected chi connectivity index (χ1v) is 13.6. The van der Waals surface area contributed by atoms with Crippen molar-refractivity contribution in [3.05, 3.63) is 94.0 Å². The highest BCUT2D eigenvalue weighted by molar-refractivity contribution is 7.89. The number of halogens is 2. The number of carboxylic acids is 2. The molecule has 206 valence electrons. The molecule has 0 unspecified atom stereocenters. The van der Waals surface area contributed by atoms with E-state index >= 15 is 0 Å². The van der Waals surface area contributed by atoms with E-state index in [-0.39, 0.29) is 17.9 Å². The van der Waals surface area contributed by atoms with E-state index in [1.807, 2.05) is 0 Å². The van der Waals surface area contributed by atoms with Gasteiger partial charge in [0.15, 0.2) is 0 Å². The summed E-state index contributed by atoms with van der Waals surface area (Å²) in [5, 5.41) is 22.0. The molecule has 0 spiro atoms. The number of nitrogens with one attached hydrogen (secondary N) is 1. The molecular weight excluding hydrogens is 571 g/mol. The number of rotatable bonds is 13. The number of ether oxygens (including phenoxy) is 1. The molecular formula is C26H24Cl2N2O8S. The van der Waals surface area contributed by atoms with Gasteiger partial charge in [-0.05, 0) is 42.0 Å². The van der Waals surface area contributed by atoms with Crippen LogP contribution in [-0.2, 0) is 37.4 Å². The maximum atomic E-state index is 12.9. The Morgan fingerprint density at radius 3 is 2.05 bits per heavy atom. The van der Waals surface area contributed by atoms with Crippen LogP contribution in [0, 0.1) is 0 Å². The SMILES string of the molecule is O=C(O)CN(CC(=O)N[C@@H](Cc1ccc(OCc2c(Cl)cccc2Cl)cc1)C(=O)O)S(=O)(=O)c1ccccc1. The molecule has 3 aromatic rings. The molecule has 0 saturated heterocycles. The van der Waals surface area contributed by atoms with Gasteiger partial charge in [-0.25, -0.2) is 13.2 Å². The zero-order valence-corrected chi connectivity index (χ0v) is 22.6. The Balaban J connectivity index is 1.65. The molecule has 3 aromatic carbocycles. The molecule has 1 atom stereocenters. The number of carbonyl (C=O) groups excluding carboxylic acids is 1. The number of benzene rings is 3. The van der Waals surface area contributed by atoms with Crippen LogP contribution in [0.5, 0.6) is 5.75 Å². The molecule has 0 aliphatic carbocycles. The number of nitrogens with zero attached hydrogens (tertiary/aromatic N) is 1. The summed E-state index contributed by atoms with van der Waals surface area (Å²) in [4.78, 5) is 35.5. The number of carboxylic acid groups (broad SMARTS) is 2. The van der Waals surface area contributed by atoms with Crippen molar-refractivity contribution in [3.63, 3.8) is 0 Å². The van der Waals surface area contributed by atoms with E-state index in [0.29, 0.717) is 31.2 Å². The van der Waals surface area contributed by atoms with E-state index in [9.17, 15) is 27.9 Å². The second-order valence-electron chi connectivity index (χ2n) is 8.28. The molecule has 3 N–H and O–H groups in total. The second kappa shape index (κ2) is 13.4. The van der Waals surface area contributed by atoms with Gasteiger partial charge in [0.2, 0.25) is 15.9 Å². The summed E-state index contributed by atoms with van der Waals surface area (Å²) < 4.78 is 31.9. The second-order valence-corrected chi connectivity index (χ2v) is 11.0. The third kappa shape index (κ3) is 8.42. The Morgan fingerprint density at radius 1 is 0.872 bits per heavy atom. The molecule has 13 heteroatoms. The largest absolute Gasteiger partial charge is 0.489 e. The summed E-state index contributed by atoms with van der Waals surface area (Å²) in [6.07, 6.45) is -0.123. The minimum Gasteiger partial charge on any atom is -0.489 e. The Kier molecular flexibility index (Phi) is 10.3. The molecule has 1 amide bonds. The quantitative estimate of drug-likeness (QED) is 0.272. The normalized spacial score (nSPS) is 12.1. The summed E-state index contributed by atoms with van der Waals surface area (Å²) in [5.41, 5.74) is 1.16. The minimum atomic E-state index is -4.33. The average molecular weight is 595 g/mol. The van der Waals surface area contributed by atoms with Crippen LogP contribution >= 0.6 is 23.2 Å². The number of sulfonamides is 1. The fourth-order valence-electron chi connectivity index (χ4n) is 3.50. The van der Waals surface area contributed by atoms with Gasteiger partial charge in [0.25, 0.3) is 0 Å². The molecule has 0 aromatic heterocycles. The first-order chi connectivity index (χ1) is 18.5. The van der Waals surface area contributed by atoms with Crippen LogP contribution in [0.4, 0.5) is 0 Å². The number of hydrogen-bond acceptors (Lipinski definition) is 6. The molecule has 0 aliphatic rings.